The van der Waals surface area contributed by atoms with E-state index < -0.39 is 0 Å². The summed E-state index contributed by atoms with van der Waals surface area (Å²) in [6, 6.07) is 0. The summed E-state index contributed by atoms with van der Waals surface area (Å²) in [6.45, 7) is 2.24. The highest BCUT2D eigenvalue weighted by Crippen LogP contribution is 2.28. The first-order valence-corrected chi connectivity index (χ1v) is 5.48. The number of hydrogen-bond donors (Lipinski definition) is 0. The second-order valence-electron chi connectivity index (χ2n) is 4.14. The quantitative estimate of drug-likeness (QED) is 0.573. The lowest BCUT2D eigenvalue weighted by Crippen LogP contribution is -2.16. The predicted octanol–water partition coefficient (Wildman–Crippen LogP) is 3.56. The van der Waals surface area contributed by atoms with Gasteiger partial charge in [0.15, 0.2) is 0 Å². The molecular weight excluding hydrogens is 148 g/mol. The van der Waals surface area contributed by atoms with E-state index in [1.165, 1.54) is 38.5 Å². The maximum absolute atomic E-state index is 11.0. The van der Waals surface area contributed by atoms with Crippen LogP contribution in [-0.4, -0.2) is 6.10 Å². The molecule has 0 unspecified atom stereocenters. The molecule has 0 N–H and O–H groups in total. The summed E-state index contributed by atoms with van der Waals surface area (Å²) in [5, 5.41) is 11.0. The van der Waals surface area contributed by atoms with Crippen LogP contribution < -0.4 is 0 Å². The zero-order valence-electron chi connectivity index (χ0n) is 8.22. The second-order valence-corrected chi connectivity index (χ2v) is 4.14. The molecule has 1 nitrogen and oxygen atoms in total. The average molecular weight is 169 g/mol. The van der Waals surface area contributed by atoms with Gasteiger partial charge in [-0.3, -0.25) is 0 Å². The highest BCUT2D eigenvalue weighted by atomic mass is 16.3. The van der Waals surface area contributed by atoms with Crippen LogP contribution in [0, 0.1) is 5.92 Å². The largest absolute Gasteiger partial charge is 0.233 e. The molecule has 71 valence electrons. The van der Waals surface area contributed by atoms with Gasteiger partial charge in [-0.25, -0.2) is 5.11 Å². The molecule has 1 heteroatoms. The molecule has 1 saturated carbocycles. The topological polar surface area (TPSA) is 19.9 Å². The van der Waals surface area contributed by atoms with Crippen molar-refractivity contribution in [3.8, 4) is 0 Å². The summed E-state index contributed by atoms with van der Waals surface area (Å²) >= 11 is 0. The monoisotopic (exact) mass is 169 g/mol. The molecule has 0 aromatic heterocycles. The minimum atomic E-state index is -0.229. The first kappa shape index (κ1) is 10.0. The normalized spacial score (nSPS) is 30.5. The Morgan fingerprint density at radius 1 is 1.08 bits per heavy atom. The fourth-order valence-corrected chi connectivity index (χ4v) is 2.10. The van der Waals surface area contributed by atoms with E-state index in [9.17, 15) is 5.11 Å². The first-order chi connectivity index (χ1) is 5.83. The third-order valence-electron chi connectivity index (χ3n) is 3.01. The van der Waals surface area contributed by atoms with Crippen molar-refractivity contribution < 1.29 is 5.11 Å². The van der Waals surface area contributed by atoms with E-state index in [-0.39, 0.29) is 6.10 Å². The highest BCUT2D eigenvalue weighted by Gasteiger charge is 2.19. The van der Waals surface area contributed by atoms with Crippen molar-refractivity contribution in [2.45, 2.75) is 64.4 Å². The molecular formula is C11H21O. The summed E-state index contributed by atoms with van der Waals surface area (Å²) in [7, 11) is 0. The van der Waals surface area contributed by atoms with E-state index >= 15 is 0 Å². The Morgan fingerprint density at radius 2 is 1.75 bits per heavy atom. The van der Waals surface area contributed by atoms with Crippen molar-refractivity contribution in [1.82, 2.24) is 0 Å². The lowest BCUT2D eigenvalue weighted by atomic mass is 9.84. The number of hydrogen-bond acceptors (Lipinski definition) is 0. The van der Waals surface area contributed by atoms with Gasteiger partial charge in [0.2, 0.25) is 0 Å². The van der Waals surface area contributed by atoms with Gasteiger partial charge in [0.05, 0.1) is 6.10 Å². The van der Waals surface area contributed by atoms with Gasteiger partial charge in [0, 0.05) is 0 Å². The fourth-order valence-electron chi connectivity index (χ4n) is 2.10. The van der Waals surface area contributed by atoms with Crippen molar-refractivity contribution in [3.05, 3.63) is 0 Å². The molecule has 0 heterocycles. The van der Waals surface area contributed by atoms with Crippen LogP contribution in [0.15, 0.2) is 0 Å². The maximum Gasteiger partial charge on any atom is 0.0930 e. The van der Waals surface area contributed by atoms with Crippen LogP contribution in [-0.2, 0) is 5.11 Å². The van der Waals surface area contributed by atoms with E-state index in [4.69, 9.17) is 0 Å². The predicted molar refractivity (Wildman–Crippen MR) is 50.6 cm³/mol. The molecule has 1 fully saturated rings. The number of rotatable bonds is 4. The molecule has 1 aliphatic rings. The smallest absolute Gasteiger partial charge is 0.0930 e. The summed E-state index contributed by atoms with van der Waals surface area (Å²) in [5.41, 5.74) is 0. The molecule has 0 amide bonds. The zero-order valence-corrected chi connectivity index (χ0v) is 8.22. The lowest BCUT2D eigenvalue weighted by Gasteiger charge is -2.23. The van der Waals surface area contributed by atoms with Crippen molar-refractivity contribution in [3.63, 3.8) is 0 Å². The molecule has 0 aromatic carbocycles. The minimum absolute atomic E-state index is 0.229. The fraction of sp³-hybridized carbons (Fsp3) is 1.00. The average Bonchev–Trinajstić information content (AvgIpc) is 2.09. The van der Waals surface area contributed by atoms with Gasteiger partial charge in [-0.1, -0.05) is 32.6 Å². The van der Waals surface area contributed by atoms with Crippen LogP contribution in [0.5, 0.6) is 0 Å². The highest BCUT2D eigenvalue weighted by molar-refractivity contribution is 4.71. The number of unbranched alkanes of at least 4 members (excludes halogenated alkanes) is 2. The van der Waals surface area contributed by atoms with Gasteiger partial charge in [0.25, 0.3) is 0 Å². The van der Waals surface area contributed by atoms with Crippen LogP contribution in [0.2, 0.25) is 0 Å². The Balaban J connectivity index is 2.01. The Labute approximate surface area is 76.2 Å². The minimum Gasteiger partial charge on any atom is -0.233 e. The SMILES string of the molecule is CCCCCC1CCC([O])CC1. The van der Waals surface area contributed by atoms with Gasteiger partial charge in [-0.2, -0.15) is 0 Å². The first-order valence-electron chi connectivity index (χ1n) is 5.48. The van der Waals surface area contributed by atoms with Gasteiger partial charge >= 0.3 is 0 Å². The lowest BCUT2D eigenvalue weighted by molar-refractivity contribution is 0.0409. The molecule has 0 saturated heterocycles. The standard InChI is InChI=1S/C11H21O/c1-2-3-4-5-10-6-8-11(12)9-7-10/h10-11H,2-9H2,1H3. The molecule has 0 atom stereocenters. The second kappa shape index (κ2) is 5.58. The van der Waals surface area contributed by atoms with E-state index in [1.807, 2.05) is 0 Å². The summed E-state index contributed by atoms with van der Waals surface area (Å²) in [4.78, 5) is 0. The molecule has 1 radical (unpaired) electrons. The van der Waals surface area contributed by atoms with Crippen LogP contribution >= 0.6 is 0 Å². The van der Waals surface area contributed by atoms with Crippen LogP contribution in [0.3, 0.4) is 0 Å². The zero-order chi connectivity index (χ0) is 8.81. The molecule has 0 bridgehead atoms. The molecule has 0 aliphatic heterocycles. The summed E-state index contributed by atoms with van der Waals surface area (Å²) in [6.07, 6.45) is 9.51. The Hall–Kier alpha value is -0.0400. The third kappa shape index (κ3) is 3.57. The maximum atomic E-state index is 11.0. The molecule has 1 rings (SSSR count). The van der Waals surface area contributed by atoms with E-state index in [0.29, 0.717) is 0 Å². The van der Waals surface area contributed by atoms with Gasteiger partial charge < -0.3 is 0 Å². The van der Waals surface area contributed by atoms with Gasteiger partial charge in [0.1, 0.15) is 0 Å². The van der Waals surface area contributed by atoms with Gasteiger partial charge in [-0.15, -0.1) is 0 Å². The van der Waals surface area contributed by atoms with Crippen LogP contribution in [0.1, 0.15) is 58.3 Å². The van der Waals surface area contributed by atoms with Gasteiger partial charge in [-0.05, 0) is 31.6 Å². The molecule has 1 aliphatic carbocycles. The third-order valence-corrected chi connectivity index (χ3v) is 3.01. The van der Waals surface area contributed by atoms with E-state index in [2.05, 4.69) is 6.92 Å². The molecule has 0 aromatic rings. The molecule has 0 spiro atoms. The Kier molecular flexibility index (Phi) is 4.67. The van der Waals surface area contributed by atoms with E-state index in [0.717, 1.165) is 18.8 Å². The van der Waals surface area contributed by atoms with Crippen molar-refractivity contribution in [2.75, 3.05) is 0 Å². The van der Waals surface area contributed by atoms with Crippen molar-refractivity contribution in [1.29, 1.82) is 0 Å². The van der Waals surface area contributed by atoms with Crippen LogP contribution in [0.25, 0.3) is 0 Å². The van der Waals surface area contributed by atoms with Crippen molar-refractivity contribution in [2.24, 2.45) is 5.92 Å². The van der Waals surface area contributed by atoms with Crippen molar-refractivity contribution >= 4 is 0 Å². The Morgan fingerprint density at radius 3 is 2.33 bits per heavy atom. The summed E-state index contributed by atoms with van der Waals surface area (Å²) in [5.74, 6) is 0.891. The molecule has 12 heavy (non-hydrogen) atoms. The summed E-state index contributed by atoms with van der Waals surface area (Å²) < 4.78 is 0. The van der Waals surface area contributed by atoms with E-state index in [1.54, 1.807) is 0 Å². The Bertz CT molecular complexity index is 104. The van der Waals surface area contributed by atoms with Crippen LogP contribution in [0.4, 0.5) is 0 Å².